The lowest BCUT2D eigenvalue weighted by atomic mass is 10.0. The van der Waals surface area contributed by atoms with E-state index in [2.05, 4.69) is 29.2 Å². The Morgan fingerprint density at radius 2 is 2.06 bits per heavy atom. The van der Waals surface area contributed by atoms with Crippen molar-refractivity contribution in [2.24, 2.45) is 0 Å². The zero-order valence-corrected chi connectivity index (χ0v) is 9.56. The van der Waals surface area contributed by atoms with Crippen molar-refractivity contribution in [1.82, 2.24) is 4.98 Å². The second-order valence-corrected chi connectivity index (χ2v) is 4.23. The molecule has 1 N–H and O–H groups in total. The van der Waals surface area contributed by atoms with Gasteiger partial charge in [0, 0.05) is 11.6 Å². The molecular weight excluding hydrogens is 198 g/mol. The molecule has 16 heavy (non-hydrogen) atoms. The molecule has 0 aliphatic heterocycles. The normalized spacial score (nSPS) is 12.9. The van der Waals surface area contributed by atoms with Gasteiger partial charge in [-0.2, -0.15) is 0 Å². The van der Waals surface area contributed by atoms with Crippen LogP contribution in [0.4, 0.5) is 0 Å². The summed E-state index contributed by atoms with van der Waals surface area (Å²) in [4.78, 5) is 4.42. The molecule has 2 heteroatoms. The summed E-state index contributed by atoms with van der Waals surface area (Å²) in [5.74, 6) is 0. The third kappa shape index (κ3) is 2.58. The molecule has 2 aromatic rings. The summed E-state index contributed by atoms with van der Waals surface area (Å²) in [6, 6.07) is 10.3. The average Bonchev–Trinajstić information content (AvgIpc) is 2.29. The van der Waals surface area contributed by atoms with Crippen molar-refractivity contribution in [3.63, 3.8) is 0 Å². The molecule has 0 bridgehead atoms. The van der Waals surface area contributed by atoms with Crippen molar-refractivity contribution in [2.45, 2.75) is 32.3 Å². The van der Waals surface area contributed by atoms with Crippen molar-refractivity contribution in [3.05, 3.63) is 42.1 Å². The minimum atomic E-state index is -0.206. The summed E-state index contributed by atoms with van der Waals surface area (Å²) in [6.45, 7) is 1.83. The average molecular weight is 215 g/mol. The zero-order chi connectivity index (χ0) is 11.4. The summed E-state index contributed by atoms with van der Waals surface area (Å²) in [7, 11) is 0. The zero-order valence-electron chi connectivity index (χ0n) is 9.56. The fourth-order valence-electron chi connectivity index (χ4n) is 1.96. The highest BCUT2D eigenvalue weighted by Gasteiger charge is 2.02. The number of aryl methyl sites for hydroxylation is 1. The van der Waals surface area contributed by atoms with Crippen LogP contribution < -0.4 is 0 Å². The van der Waals surface area contributed by atoms with E-state index in [1.165, 1.54) is 10.9 Å². The molecule has 0 saturated heterocycles. The van der Waals surface area contributed by atoms with Gasteiger partial charge in [-0.3, -0.25) is 4.98 Å². The molecule has 0 amide bonds. The maximum atomic E-state index is 9.23. The van der Waals surface area contributed by atoms with Gasteiger partial charge in [0.15, 0.2) is 0 Å². The van der Waals surface area contributed by atoms with Gasteiger partial charge in [-0.25, -0.2) is 0 Å². The summed E-state index contributed by atoms with van der Waals surface area (Å²) in [5.41, 5.74) is 2.37. The lowest BCUT2D eigenvalue weighted by Gasteiger charge is -2.06. The Morgan fingerprint density at radius 3 is 2.88 bits per heavy atom. The number of aliphatic hydroxyl groups excluding tert-OH is 1. The van der Waals surface area contributed by atoms with Crippen molar-refractivity contribution in [2.75, 3.05) is 0 Å². The van der Waals surface area contributed by atoms with Crippen LogP contribution in [0.5, 0.6) is 0 Å². The largest absolute Gasteiger partial charge is 0.393 e. The first kappa shape index (κ1) is 11.1. The van der Waals surface area contributed by atoms with Crippen LogP contribution in [-0.2, 0) is 6.42 Å². The van der Waals surface area contributed by atoms with Gasteiger partial charge in [-0.05, 0) is 37.8 Å². The molecule has 0 aliphatic rings. The molecule has 1 heterocycles. The van der Waals surface area contributed by atoms with E-state index in [-0.39, 0.29) is 6.10 Å². The molecule has 2 rings (SSSR count). The standard InChI is InChI=1S/C14H17NO/c1-11(16)5-2-6-12-7-3-8-13-9-4-10-15-14(12)13/h3-4,7-11,16H,2,5-6H2,1H3. The SMILES string of the molecule is CC(O)CCCc1cccc2cccnc12. The van der Waals surface area contributed by atoms with E-state index in [9.17, 15) is 5.11 Å². The van der Waals surface area contributed by atoms with Crippen molar-refractivity contribution in [1.29, 1.82) is 0 Å². The highest BCUT2D eigenvalue weighted by molar-refractivity contribution is 5.81. The second kappa shape index (κ2) is 5.08. The van der Waals surface area contributed by atoms with E-state index >= 15 is 0 Å². The minimum Gasteiger partial charge on any atom is -0.393 e. The van der Waals surface area contributed by atoms with Gasteiger partial charge in [-0.15, -0.1) is 0 Å². The topological polar surface area (TPSA) is 33.1 Å². The molecule has 1 aromatic carbocycles. The lowest BCUT2D eigenvalue weighted by molar-refractivity contribution is 0.182. The number of aliphatic hydroxyl groups is 1. The number of rotatable bonds is 4. The van der Waals surface area contributed by atoms with Crippen molar-refractivity contribution >= 4 is 10.9 Å². The van der Waals surface area contributed by atoms with Gasteiger partial charge in [0.25, 0.3) is 0 Å². The number of hydrogen-bond donors (Lipinski definition) is 1. The first-order valence-corrected chi connectivity index (χ1v) is 5.78. The van der Waals surface area contributed by atoms with Gasteiger partial charge in [0.05, 0.1) is 11.6 Å². The number of aromatic nitrogens is 1. The number of benzene rings is 1. The predicted octanol–water partition coefficient (Wildman–Crippen LogP) is 2.94. The molecular formula is C14H17NO. The Labute approximate surface area is 96.0 Å². The molecule has 1 atom stereocenters. The first-order valence-electron chi connectivity index (χ1n) is 5.78. The second-order valence-electron chi connectivity index (χ2n) is 4.23. The maximum Gasteiger partial charge on any atom is 0.0733 e. The molecule has 84 valence electrons. The van der Waals surface area contributed by atoms with Crippen LogP contribution in [0.2, 0.25) is 0 Å². The molecule has 0 fully saturated rings. The maximum absolute atomic E-state index is 9.23. The summed E-state index contributed by atoms with van der Waals surface area (Å²) < 4.78 is 0. The fourth-order valence-corrected chi connectivity index (χ4v) is 1.96. The third-order valence-electron chi connectivity index (χ3n) is 2.78. The van der Waals surface area contributed by atoms with Crippen LogP contribution in [0.1, 0.15) is 25.3 Å². The van der Waals surface area contributed by atoms with Crippen molar-refractivity contribution in [3.8, 4) is 0 Å². The highest BCUT2D eigenvalue weighted by Crippen LogP contribution is 2.18. The van der Waals surface area contributed by atoms with E-state index in [4.69, 9.17) is 0 Å². The number of hydrogen-bond acceptors (Lipinski definition) is 2. The van der Waals surface area contributed by atoms with Crippen LogP contribution in [0.3, 0.4) is 0 Å². The van der Waals surface area contributed by atoms with Gasteiger partial charge in [0.2, 0.25) is 0 Å². The van der Waals surface area contributed by atoms with E-state index in [0.29, 0.717) is 0 Å². The first-order chi connectivity index (χ1) is 7.77. The third-order valence-corrected chi connectivity index (χ3v) is 2.78. The Kier molecular flexibility index (Phi) is 3.52. The minimum absolute atomic E-state index is 0.206. The molecule has 0 aliphatic carbocycles. The Balaban J connectivity index is 2.17. The number of para-hydroxylation sites is 1. The van der Waals surface area contributed by atoms with Crippen LogP contribution in [0, 0.1) is 0 Å². The van der Waals surface area contributed by atoms with E-state index in [1.807, 2.05) is 19.2 Å². The van der Waals surface area contributed by atoms with E-state index in [1.54, 1.807) is 0 Å². The summed E-state index contributed by atoms with van der Waals surface area (Å²) in [5, 5.41) is 10.4. The smallest absolute Gasteiger partial charge is 0.0733 e. The Bertz CT molecular complexity index is 460. The predicted molar refractivity (Wildman–Crippen MR) is 66.4 cm³/mol. The number of fused-ring (bicyclic) bond motifs is 1. The molecule has 0 saturated carbocycles. The molecule has 0 radical (unpaired) electrons. The van der Waals surface area contributed by atoms with Crippen LogP contribution in [-0.4, -0.2) is 16.2 Å². The van der Waals surface area contributed by atoms with Crippen molar-refractivity contribution < 1.29 is 5.11 Å². The summed E-state index contributed by atoms with van der Waals surface area (Å²) in [6.07, 6.45) is 4.47. The van der Waals surface area contributed by atoms with Crippen LogP contribution in [0.25, 0.3) is 10.9 Å². The quantitative estimate of drug-likeness (QED) is 0.850. The van der Waals surface area contributed by atoms with Gasteiger partial charge < -0.3 is 5.11 Å². The Morgan fingerprint density at radius 1 is 1.25 bits per heavy atom. The van der Waals surface area contributed by atoms with Gasteiger partial charge in [0.1, 0.15) is 0 Å². The van der Waals surface area contributed by atoms with Gasteiger partial charge >= 0.3 is 0 Å². The number of pyridine rings is 1. The van der Waals surface area contributed by atoms with E-state index < -0.39 is 0 Å². The molecule has 1 aromatic heterocycles. The highest BCUT2D eigenvalue weighted by atomic mass is 16.3. The Hall–Kier alpha value is -1.41. The van der Waals surface area contributed by atoms with Crippen LogP contribution in [0.15, 0.2) is 36.5 Å². The molecule has 0 spiro atoms. The molecule has 1 unspecified atom stereocenters. The monoisotopic (exact) mass is 215 g/mol. The summed E-state index contributed by atoms with van der Waals surface area (Å²) >= 11 is 0. The lowest BCUT2D eigenvalue weighted by Crippen LogP contribution is -2.00. The number of nitrogens with zero attached hydrogens (tertiary/aromatic N) is 1. The van der Waals surface area contributed by atoms with E-state index in [0.717, 1.165) is 24.8 Å². The van der Waals surface area contributed by atoms with Crippen LogP contribution >= 0.6 is 0 Å². The van der Waals surface area contributed by atoms with Gasteiger partial charge in [-0.1, -0.05) is 24.3 Å². The molecule has 2 nitrogen and oxygen atoms in total. The fraction of sp³-hybridized carbons (Fsp3) is 0.357.